The normalized spacial score (nSPS) is 15.1. The molecule has 4 aliphatic heterocycles. The van der Waals surface area contributed by atoms with Crippen molar-refractivity contribution >= 4 is 57.7 Å². The van der Waals surface area contributed by atoms with Gasteiger partial charge in [-0.2, -0.15) is 0 Å². The van der Waals surface area contributed by atoms with Crippen LogP contribution in [0.2, 0.25) is 0 Å². The Kier molecular flexibility index (Phi) is 10.4. The third-order valence-corrected chi connectivity index (χ3v) is 10.3. The summed E-state index contributed by atoms with van der Waals surface area (Å²) < 4.78 is 0. The number of fused-ring (bicyclic) bond motifs is 5. The van der Waals surface area contributed by atoms with Gasteiger partial charge in [-0.3, -0.25) is 9.98 Å². The van der Waals surface area contributed by atoms with Crippen molar-refractivity contribution in [1.29, 1.82) is 0 Å². The van der Waals surface area contributed by atoms with E-state index in [1.54, 1.807) is 48.5 Å². The molecule has 0 amide bonds. The van der Waals surface area contributed by atoms with Crippen LogP contribution in [0.5, 0.6) is 0 Å². The van der Waals surface area contributed by atoms with Crippen molar-refractivity contribution in [2.45, 2.75) is 0 Å². The quantitative estimate of drug-likeness (QED) is 0.0878. The molecule has 5 aromatic rings. The minimum Gasteiger partial charge on any atom is -0.478 e. The second kappa shape index (κ2) is 16.0. The maximum atomic E-state index is 11.8. The number of aromatic nitrogens is 1. The van der Waals surface area contributed by atoms with Crippen molar-refractivity contribution in [3.8, 4) is 0 Å². The molecule has 61 heavy (non-hydrogen) atoms. The van der Waals surface area contributed by atoms with Crippen molar-refractivity contribution in [2.24, 2.45) is 15.0 Å². The summed E-state index contributed by atoms with van der Waals surface area (Å²) in [7, 11) is 0. The van der Waals surface area contributed by atoms with Gasteiger partial charge in [0.05, 0.1) is 33.8 Å². The Morgan fingerprint density at radius 2 is 0.852 bits per heavy atom. The number of allylic oxidation sites excluding steroid dienone is 7. The molecular weight excluding hydrogens is 826 g/mol. The van der Waals surface area contributed by atoms with Crippen molar-refractivity contribution in [2.75, 3.05) is 0 Å². The molecule has 4 N–H and O–H groups in total. The van der Waals surface area contributed by atoms with Gasteiger partial charge in [0.1, 0.15) is 0 Å². The van der Waals surface area contributed by atoms with Gasteiger partial charge in [0, 0.05) is 28.3 Å². The number of aliphatic imine (C=N–C) groups is 3. The summed E-state index contributed by atoms with van der Waals surface area (Å²) in [6.45, 7) is 0. The molecule has 8 bridgehead atoms. The summed E-state index contributed by atoms with van der Waals surface area (Å²) in [5.41, 5.74) is 8.93. The van der Waals surface area contributed by atoms with Crippen molar-refractivity contribution in [3.05, 3.63) is 225 Å². The van der Waals surface area contributed by atoms with Crippen LogP contribution in [-0.4, -0.2) is 66.4 Å². The van der Waals surface area contributed by atoms with Gasteiger partial charge in [0.25, 0.3) is 0 Å². The van der Waals surface area contributed by atoms with Crippen molar-refractivity contribution in [3.63, 3.8) is 0 Å². The van der Waals surface area contributed by atoms with Gasteiger partial charge in [0.15, 0.2) is 0 Å². The molecule has 12 nitrogen and oxygen atoms in total. The first kappa shape index (κ1) is 39.8. The molecule has 0 saturated heterocycles. The van der Waals surface area contributed by atoms with E-state index < -0.39 is 23.9 Å². The maximum absolute atomic E-state index is 11.8. The van der Waals surface area contributed by atoms with E-state index in [2.05, 4.69) is 0 Å². The summed E-state index contributed by atoms with van der Waals surface area (Å²) >= 11 is 0. The Morgan fingerprint density at radius 1 is 0.459 bits per heavy atom. The van der Waals surface area contributed by atoms with Crippen LogP contribution in [0.3, 0.4) is 0 Å². The maximum Gasteiger partial charge on any atom is 2.00 e. The van der Waals surface area contributed by atoms with E-state index in [4.69, 9.17) is 20.0 Å². The smallest absolute Gasteiger partial charge is 0.478 e. The largest absolute Gasteiger partial charge is 2.00 e. The third-order valence-electron chi connectivity index (χ3n) is 10.3. The molecular formula is C48H28N4O8Zn. The third kappa shape index (κ3) is 7.46. The zero-order valence-electron chi connectivity index (χ0n) is 31.8. The first-order chi connectivity index (χ1) is 29.0. The Labute approximate surface area is 359 Å². The van der Waals surface area contributed by atoms with Crippen LogP contribution in [0.1, 0.15) is 75.1 Å². The molecule has 9 rings (SSSR count). The van der Waals surface area contributed by atoms with Gasteiger partial charge < -0.3 is 25.4 Å². The topological polar surface area (TPSA) is 199 Å². The van der Waals surface area contributed by atoms with E-state index in [1.807, 2.05) is 48.6 Å². The Morgan fingerprint density at radius 3 is 1.33 bits per heavy atom. The van der Waals surface area contributed by atoms with Gasteiger partial charge in [-0.25, -0.2) is 24.2 Å². The van der Waals surface area contributed by atoms with Crippen LogP contribution >= 0.6 is 0 Å². The zero-order chi connectivity index (χ0) is 41.7. The van der Waals surface area contributed by atoms with E-state index in [-0.39, 0.29) is 41.7 Å². The van der Waals surface area contributed by atoms with Gasteiger partial charge in [-0.1, -0.05) is 84.0 Å². The number of hydrogen-bond acceptors (Lipinski definition) is 8. The number of benzene rings is 4. The molecule has 13 heteroatoms. The minimum absolute atomic E-state index is 0. The SMILES string of the molecule is O=C(O)c1ccc(C2=C3C=CC(=N3)[C-](c3ccc(C(=O)O)cc3)C3=NC(=C(c4ccc(C(=O)O)cc4)c4[cH-]cc(n4)C(c4ccc(C(=O)O)cc4)=C4C=CC2=N4)C=C3)cc1.[Zn+2]. The Balaban J connectivity index is 0.00000514. The molecule has 5 heterocycles. The summed E-state index contributed by atoms with van der Waals surface area (Å²) in [5, 5.41) is 38.7. The second-order valence-corrected chi connectivity index (χ2v) is 13.9. The van der Waals surface area contributed by atoms with Crippen molar-refractivity contribution < 1.29 is 59.1 Å². The van der Waals surface area contributed by atoms with Gasteiger partial charge in [-0.15, -0.1) is 29.8 Å². The minimum atomic E-state index is -1.07. The molecule has 0 atom stereocenters. The average Bonchev–Trinajstić information content (AvgIpc) is 4.10. The molecule has 0 radical (unpaired) electrons. The van der Waals surface area contributed by atoms with Crippen LogP contribution < -0.4 is 0 Å². The summed E-state index contributed by atoms with van der Waals surface area (Å²) in [4.78, 5) is 67.8. The van der Waals surface area contributed by atoms with Crippen molar-refractivity contribution in [1.82, 2.24) is 4.98 Å². The van der Waals surface area contributed by atoms with Gasteiger partial charge in [-0.05, 0) is 82.6 Å². The van der Waals surface area contributed by atoms with Crippen LogP contribution in [0.4, 0.5) is 0 Å². The number of hydrogen-bond donors (Lipinski definition) is 4. The number of rotatable bonds is 8. The van der Waals surface area contributed by atoms with Gasteiger partial charge in [0.2, 0.25) is 0 Å². The number of carboxylic acid groups (broad SMARTS) is 4. The summed E-state index contributed by atoms with van der Waals surface area (Å²) in [6, 6.07) is 29.3. The Hall–Kier alpha value is -8.02. The van der Waals surface area contributed by atoms with E-state index in [0.717, 1.165) is 0 Å². The monoisotopic (exact) mass is 852 g/mol. The molecule has 1 aromatic heterocycles. The fourth-order valence-corrected chi connectivity index (χ4v) is 7.39. The van der Waals surface area contributed by atoms with Crippen LogP contribution in [0, 0.1) is 5.92 Å². The standard InChI is InChI=1S/C48H28N4O8.Zn/c53-45(54)29-9-1-25(2-10-29)41-33-17-19-35(49-33)42(26-3-11-30(12-4-26)46(55)56)37-21-23-39(51-37)44(28-7-15-32(16-8-28)48(59)60)40-24-22-38(52-40)43(36-20-18-34(41)50-36)27-5-13-31(14-6-27)47(57)58;/h1-24H,(H,53,54)(H,55,56)(H,57,58)(H,59,60);/q-2;+2. The summed E-state index contributed by atoms with van der Waals surface area (Å²) in [6.07, 6.45) is 11.0. The summed E-state index contributed by atoms with van der Waals surface area (Å²) in [5.74, 6) is -3.70. The number of nitrogens with zero attached hydrogens (tertiary/aromatic N) is 4. The molecule has 0 aliphatic carbocycles. The molecule has 0 saturated carbocycles. The van der Waals surface area contributed by atoms with E-state index in [1.165, 1.54) is 48.5 Å². The van der Waals surface area contributed by atoms with Crippen LogP contribution in [0.15, 0.2) is 178 Å². The van der Waals surface area contributed by atoms with E-state index in [9.17, 15) is 39.6 Å². The molecule has 0 fully saturated rings. The molecule has 0 spiro atoms. The van der Waals surface area contributed by atoms with E-state index >= 15 is 0 Å². The molecule has 4 aliphatic rings. The fourth-order valence-electron chi connectivity index (χ4n) is 7.39. The second-order valence-electron chi connectivity index (χ2n) is 13.9. The first-order valence-corrected chi connectivity index (χ1v) is 18.4. The fraction of sp³-hybridized carbons (Fsp3) is 0. The number of aromatic carboxylic acids is 4. The molecule has 0 unspecified atom stereocenters. The predicted molar refractivity (Wildman–Crippen MR) is 224 cm³/mol. The number of carboxylic acids is 4. The van der Waals surface area contributed by atoms with Crippen LogP contribution in [-0.2, 0) is 19.5 Å². The Bertz CT molecular complexity index is 3000. The molecule has 4 aromatic carbocycles. The predicted octanol–water partition coefficient (Wildman–Crippen LogP) is 8.19. The van der Waals surface area contributed by atoms with Gasteiger partial charge >= 0.3 is 43.4 Å². The van der Waals surface area contributed by atoms with Crippen LogP contribution in [0.25, 0.3) is 16.7 Å². The zero-order valence-corrected chi connectivity index (χ0v) is 34.7. The first-order valence-electron chi connectivity index (χ1n) is 18.4. The average molecular weight is 854 g/mol. The molecule has 290 valence electrons. The van der Waals surface area contributed by atoms with E-state index in [0.29, 0.717) is 90.5 Å². The number of carbonyl (C=O) groups is 4.